The van der Waals surface area contributed by atoms with E-state index in [9.17, 15) is 4.21 Å². The molecular weight excluding hydrogens is 166 g/mol. The van der Waals surface area contributed by atoms with Gasteiger partial charge in [0.25, 0.3) is 0 Å². The molecule has 0 fully saturated rings. The van der Waals surface area contributed by atoms with Crippen LogP contribution in [0.2, 0.25) is 0 Å². The number of hydrogen-bond acceptors (Lipinski definition) is 3. The van der Waals surface area contributed by atoms with Gasteiger partial charge in [-0.1, -0.05) is 13.8 Å². The fourth-order valence-electron chi connectivity index (χ4n) is 0.775. The normalized spacial score (nSPS) is 13.8. The molecule has 68 valence electrons. The van der Waals surface area contributed by atoms with Gasteiger partial charge in [0.2, 0.25) is 0 Å². The minimum absolute atomic E-state index is 0.695. The lowest BCUT2D eigenvalue weighted by Crippen LogP contribution is -2.26. The summed E-state index contributed by atoms with van der Waals surface area (Å²) < 4.78 is 23.2. The summed E-state index contributed by atoms with van der Waals surface area (Å²) >= 11 is -2.17. The maximum Gasteiger partial charge on any atom is 0.319 e. The quantitative estimate of drug-likeness (QED) is 0.494. The van der Waals surface area contributed by atoms with E-state index in [4.69, 9.17) is 4.55 Å². The Kier molecular flexibility index (Phi) is 6.74. The number of rotatable bonds is 6. The molecule has 0 aliphatic carbocycles. The zero-order valence-electron chi connectivity index (χ0n) is 6.95. The van der Waals surface area contributed by atoms with Crippen LogP contribution in [0.4, 0.5) is 0 Å². The molecule has 5 heteroatoms. The van der Waals surface area contributed by atoms with Crippen molar-refractivity contribution >= 4 is 11.4 Å². The molecule has 11 heavy (non-hydrogen) atoms. The lowest BCUT2D eigenvalue weighted by Gasteiger charge is -2.16. The van der Waals surface area contributed by atoms with Crippen LogP contribution in [0.25, 0.3) is 0 Å². The van der Waals surface area contributed by atoms with Gasteiger partial charge >= 0.3 is 11.4 Å². The van der Waals surface area contributed by atoms with Gasteiger partial charge in [0.1, 0.15) is 0 Å². The summed E-state index contributed by atoms with van der Waals surface area (Å²) in [6.45, 7) is 5.37. The van der Waals surface area contributed by atoms with Crippen molar-refractivity contribution in [3.63, 3.8) is 0 Å². The van der Waals surface area contributed by atoms with Crippen LogP contribution in [0.3, 0.4) is 0 Å². The first-order valence-electron chi connectivity index (χ1n) is 3.75. The summed E-state index contributed by atoms with van der Waals surface area (Å²) in [4.78, 5) is 0. The molecule has 1 N–H and O–H groups in total. The Morgan fingerprint density at radius 1 is 1.36 bits per heavy atom. The summed E-state index contributed by atoms with van der Waals surface area (Å²) in [5.41, 5.74) is 0. The average molecular weight is 181 g/mol. The predicted octanol–water partition coefficient (Wildman–Crippen LogP) is 1.18. The van der Waals surface area contributed by atoms with Crippen molar-refractivity contribution in [2.24, 2.45) is 0 Å². The Morgan fingerprint density at radius 3 is 2.09 bits per heavy atom. The fourth-order valence-corrected chi connectivity index (χ4v) is 1.10. The van der Waals surface area contributed by atoms with E-state index >= 15 is 0 Å². The van der Waals surface area contributed by atoms with Gasteiger partial charge in [-0.25, -0.2) is 0 Å². The van der Waals surface area contributed by atoms with E-state index in [1.165, 1.54) is 5.06 Å². The van der Waals surface area contributed by atoms with E-state index in [1.807, 2.05) is 13.8 Å². The number of nitrogens with zero attached hydrogens (tertiary/aromatic N) is 1. The molecule has 4 nitrogen and oxygen atoms in total. The van der Waals surface area contributed by atoms with E-state index < -0.39 is 11.4 Å². The third-order valence-corrected chi connectivity index (χ3v) is 1.45. The number of hydrogen-bond donors (Lipinski definition) is 1. The molecule has 0 rings (SSSR count). The van der Waals surface area contributed by atoms with E-state index in [0.29, 0.717) is 13.1 Å². The molecule has 0 aliphatic rings. The summed E-state index contributed by atoms with van der Waals surface area (Å²) in [5, 5.41) is 1.51. The minimum atomic E-state index is -2.17. The van der Waals surface area contributed by atoms with Crippen molar-refractivity contribution in [2.45, 2.75) is 26.7 Å². The van der Waals surface area contributed by atoms with Gasteiger partial charge in [-0.2, -0.15) is 13.6 Å². The molecule has 0 aliphatic heterocycles. The Balaban J connectivity index is 3.59. The predicted molar refractivity (Wildman–Crippen MR) is 44.0 cm³/mol. The highest BCUT2D eigenvalue weighted by Gasteiger charge is 2.05. The molecule has 1 unspecified atom stereocenters. The molecule has 0 bridgehead atoms. The molecule has 0 spiro atoms. The Bertz CT molecular complexity index is 114. The van der Waals surface area contributed by atoms with Gasteiger partial charge in [-0.3, -0.25) is 4.55 Å². The maximum atomic E-state index is 10.2. The first kappa shape index (κ1) is 11.0. The van der Waals surface area contributed by atoms with Crippen molar-refractivity contribution < 1.29 is 13.0 Å². The standard InChI is InChI=1S/C6H15NO3S/c1-3-5-7(6-4-2)10-11(8)9/h3-6H2,1-2H3,(H,8,9). The molecule has 0 saturated carbocycles. The first-order chi connectivity index (χ1) is 5.20. The van der Waals surface area contributed by atoms with E-state index in [0.717, 1.165) is 12.8 Å². The van der Waals surface area contributed by atoms with Crippen molar-refractivity contribution in [1.82, 2.24) is 5.06 Å². The molecule has 0 aromatic heterocycles. The second-order valence-electron chi connectivity index (χ2n) is 2.22. The monoisotopic (exact) mass is 181 g/mol. The SMILES string of the molecule is CCCN(CCC)OS(=O)O. The van der Waals surface area contributed by atoms with Crippen LogP contribution in [-0.4, -0.2) is 26.9 Å². The highest BCUT2D eigenvalue weighted by atomic mass is 32.2. The minimum Gasteiger partial charge on any atom is -0.283 e. The van der Waals surface area contributed by atoms with Gasteiger partial charge < -0.3 is 0 Å². The Labute approximate surface area is 70.0 Å². The van der Waals surface area contributed by atoms with Crippen LogP contribution in [0.1, 0.15) is 26.7 Å². The second kappa shape index (κ2) is 6.72. The highest BCUT2D eigenvalue weighted by Crippen LogP contribution is 1.96. The van der Waals surface area contributed by atoms with E-state index in [1.54, 1.807) is 0 Å². The topological polar surface area (TPSA) is 49.8 Å². The van der Waals surface area contributed by atoms with Crippen LogP contribution in [0.15, 0.2) is 0 Å². The first-order valence-corrected chi connectivity index (χ1v) is 4.78. The summed E-state index contributed by atoms with van der Waals surface area (Å²) in [6.07, 6.45) is 1.83. The molecule has 0 heterocycles. The molecule has 0 aromatic carbocycles. The van der Waals surface area contributed by atoms with Crippen molar-refractivity contribution in [3.8, 4) is 0 Å². The third kappa shape index (κ3) is 6.43. The molecule has 0 amide bonds. The smallest absolute Gasteiger partial charge is 0.283 e. The van der Waals surface area contributed by atoms with Crippen molar-refractivity contribution in [2.75, 3.05) is 13.1 Å². The molecule has 0 radical (unpaired) electrons. The van der Waals surface area contributed by atoms with E-state index in [2.05, 4.69) is 4.28 Å². The summed E-state index contributed by atoms with van der Waals surface area (Å²) in [6, 6.07) is 0. The zero-order valence-corrected chi connectivity index (χ0v) is 7.76. The fraction of sp³-hybridized carbons (Fsp3) is 1.00. The zero-order chi connectivity index (χ0) is 8.69. The molecule has 0 aromatic rings. The van der Waals surface area contributed by atoms with E-state index in [-0.39, 0.29) is 0 Å². The highest BCUT2D eigenvalue weighted by molar-refractivity contribution is 7.74. The van der Waals surface area contributed by atoms with Crippen LogP contribution in [0.5, 0.6) is 0 Å². The second-order valence-corrected chi connectivity index (χ2v) is 2.80. The lowest BCUT2D eigenvalue weighted by atomic mass is 10.4. The van der Waals surface area contributed by atoms with Crippen molar-refractivity contribution in [3.05, 3.63) is 0 Å². The van der Waals surface area contributed by atoms with Crippen LogP contribution < -0.4 is 0 Å². The number of hydroxylamine groups is 2. The van der Waals surface area contributed by atoms with Crippen molar-refractivity contribution in [1.29, 1.82) is 0 Å². The van der Waals surface area contributed by atoms with Gasteiger partial charge in [-0.05, 0) is 12.8 Å². The lowest BCUT2D eigenvalue weighted by molar-refractivity contribution is -0.0523. The van der Waals surface area contributed by atoms with Gasteiger partial charge in [0, 0.05) is 13.1 Å². The van der Waals surface area contributed by atoms with Crippen LogP contribution >= 0.6 is 0 Å². The summed E-state index contributed by atoms with van der Waals surface area (Å²) in [7, 11) is 0. The molecule has 0 saturated heterocycles. The van der Waals surface area contributed by atoms with Gasteiger partial charge in [0.15, 0.2) is 0 Å². The van der Waals surface area contributed by atoms with Crippen LogP contribution in [-0.2, 0) is 15.6 Å². The molecule has 1 atom stereocenters. The summed E-state index contributed by atoms with van der Waals surface area (Å²) in [5.74, 6) is 0. The Hall–Kier alpha value is 0.0300. The van der Waals surface area contributed by atoms with Crippen LogP contribution in [0, 0.1) is 0 Å². The maximum absolute atomic E-state index is 10.2. The average Bonchev–Trinajstić information content (AvgIpc) is 1.87. The largest absolute Gasteiger partial charge is 0.319 e. The van der Waals surface area contributed by atoms with Gasteiger partial charge in [0.05, 0.1) is 0 Å². The third-order valence-electron chi connectivity index (χ3n) is 1.12. The Morgan fingerprint density at radius 2 is 1.82 bits per heavy atom. The molecular formula is C6H15NO3S. The van der Waals surface area contributed by atoms with Gasteiger partial charge in [-0.15, -0.1) is 0 Å².